The summed E-state index contributed by atoms with van der Waals surface area (Å²) in [5.41, 5.74) is 1.38. The molecule has 0 atom stereocenters. The van der Waals surface area contributed by atoms with Crippen LogP contribution < -0.4 is 16.3 Å². The van der Waals surface area contributed by atoms with Crippen molar-refractivity contribution in [3.8, 4) is 6.07 Å². The lowest BCUT2D eigenvalue weighted by molar-refractivity contribution is 0.0662. The lowest BCUT2D eigenvalue weighted by Gasteiger charge is -2.17. The summed E-state index contributed by atoms with van der Waals surface area (Å²) in [6.45, 7) is 3.72. The fourth-order valence-electron chi connectivity index (χ4n) is 3.21. The Kier molecular flexibility index (Phi) is 6.06. The smallest absolute Gasteiger partial charge is 0.328 e. The molecule has 0 fully saturated rings. The number of carbonyl (C=O) groups excluding carboxylic acids is 1. The molecule has 3 N–H and O–H groups in total. The zero-order valence-corrected chi connectivity index (χ0v) is 18.4. The molecule has 0 saturated carbocycles. The molecular weight excluding hydrogens is 420 g/mol. The second-order valence-corrected chi connectivity index (χ2v) is 8.15. The van der Waals surface area contributed by atoms with E-state index in [-0.39, 0.29) is 22.1 Å². The normalized spacial score (nSPS) is 11.4. The van der Waals surface area contributed by atoms with Crippen molar-refractivity contribution in [1.29, 1.82) is 5.26 Å². The van der Waals surface area contributed by atoms with Crippen LogP contribution in [0.25, 0.3) is 11.0 Å². The second kappa shape index (κ2) is 8.41. The van der Waals surface area contributed by atoms with Gasteiger partial charge in [-0.25, -0.2) is 9.78 Å². The monoisotopic (exact) mass is 442 g/mol. The van der Waals surface area contributed by atoms with Crippen LogP contribution in [0.15, 0.2) is 29.1 Å². The molecule has 0 aliphatic heterocycles. The number of nitrogens with zero attached hydrogens (tertiary/aromatic N) is 4. The van der Waals surface area contributed by atoms with Gasteiger partial charge in [-0.2, -0.15) is 5.26 Å². The topological polar surface area (TPSA) is 125 Å². The molecule has 2 heterocycles. The zero-order valence-electron chi connectivity index (χ0n) is 17.7. The van der Waals surface area contributed by atoms with Crippen LogP contribution in [-0.4, -0.2) is 37.8 Å². The fraction of sp³-hybridized carbons (Fsp3) is 0.333. The van der Waals surface area contributed by atoms with Crippen molar-refractivity contribution in [3.63, 3.8) is 0 Å². The molecule has 3 aromatic rings. The van der Waals surface area contributed by atoms with Crippen LogP contribution in [0.4, 0.5) is 11.4 Å². The minimum atomic E-state index is -0.913. The lowest BCUT2D eigenvalue weighted by atomic mass is 10.1. The summed E-state index contributed by atoms with van der Waals surface area (Å²) < 4.78 is 3.14. The van der Waals surface area contributed by atoms with Crippen LogP contribution in [-0.2, 0) is 13.6 Å². The molecule has 0 unspecified atom stereocenters. The molecule has 0 aliphatic rings. The number of pyridine rings is 1. The third-order valence-corrected chi connectivity index (χ3v) is 5.19. The first-order valence-corrected chi connectivity index (χ1v) is 9.95. The van der Waals surface area contributed by atoms with Gasteiger partial charge in [-0.1, -0.05) is 11.6 Å². The van der Waals surface area contributed by atoms with Gasteiger partial charge in [0, 0.05) is 26.3 Å². The number of nitriles is 1. The Balaban J connectivity index is 2.07. The van der Waals surface area contributed by atoms with E-state index < -0.39 is 11.5 Å². The van der Waals surface area contributed by atoms with Gasteiger partial charge < -0.3 is 15.7 Å². The Labute approximate surface area is 183 Å². The number of rotatable bonds is 6. The average Bonchev–Trinajstić information content (AvgIpc) is 2.94. The number of benzene rings is 1. The number of fused-ring (bicyclic) bond motifs is 1. The molecule has 0 spiro atoms. The second-order valence-electron chi connectivity index (χ2n) is 7.80. The van der Waals surface area contributed by atoms with Gasteiger partial charge in [-0.3, -0.25) is 13.9 Å². The minimum Gasteiger partial charge on any atom is -0.390 e. The van der Waals surface area contributed by atoms with Gasteiger partial charge in [0.05, 0.1) is 22.3 Å². The molecule has 162 valence electrons. The third kappa shape index (κ3) is 4.55. The summed E-state index contributed by atoms with van der Waals surface area (Å²) in [7, 11) is 3.16. The van der Waals surface area contributed by atoms with Gasteiger partial charge in [-0.05, 0) is 44.5 Å². The van der Waals surface area contributed by atoms with E-state index in [0.29, 0.717) is 29.9 Å². The molecule has 0 radical (unpaired) electrons. The van der Waals surface area contributed by atoms with Gasteiger partial charge >= 0.3 is 5.69 Å². The van der Waals surface area contributed by atoms with E-state index in [1.807, 2.05) is 6.07 Å². The molecule has 10 heteroatoms. The quantitative estimate of drug-likeness (QED) is 0.504. The van der Waals surface area contributed by atoms with Crippen LogP contribution in [0.5, 0.6) is 0 Å². The van der Waals surface area contributed by atoms with Gasteiger partial charge in [0.1, 0.15) is 22.5 Å². The van der Waals surface area contributed by atoms with Gasteiger partial charge in [-0.15, -0.1) is 0 Å². The number of aromatic nitrogens is 3. The predicted molar refractivity (Wildman–Crippen MR) is 119 cm³/mol. The summed E-state index contributed by atoms with van der Waals surface area (Å²) in [6.07, 6.45) is 0.401. The van der Waals surface area contributed by atoms with E-state index in [0.717, 1.165) is 5.52 Å². The molecule has 1 amide bonds. The van der Waals surface area contributed by atoms with Crippen molar-refractivity contribution in [1.82, 2.24) is 19.4 Å². The predicted octanol–water partition coefficient (Wildman–Crippen LogP) is 2.52. The van der Waals surface area contributed by atoms with E-state index in [2.05, 4.69) is 15.6 Å². The van der Waals surface area contributed by atoms with Crippen molar-refractivity contribution < 1.29 is 9.90 Å². The number of hydrogen-bond donors (Lipinski definition) is 3. The van der Waals surface area contributed by atoms with E-state index in [4.69, 9.17) is 11.6 Å². The molecule has 0 saturated heterocycles. The summed E-state index contributed by atoms with van der Waals surface area (Å²) in [5, 5.41) is 25.0. The number of imidazole rings is 1. The first kappa shape index (κ1) is 22.3. The van der Waals surface area contributed by atoms with Crippen molar-refractivity contribution >= 4 is 39.9 Å². The molecule has 0 bridgehead atoms. The number of amides is 1. The Bertz CT molecular complexity index is 1260. The number of hydrogen-bond acceptors (Lipinski definition) is 6. The van der Waals surface area contributed by atoms with E-state index in [9.17, 15) is 20.0 Å². The van der Waals surface area contributed by atoms with E-state index in [1.165, 1.54) is 17.7 Å². The van der Waals surface area contributed by atoms with Crippen LogP contribution in [0.2, 0.25) is 5.15 Å². The number of halogens is 1. The molecule has 2 aromatic heterocycles. The summed E-state index contributed by atoms with van der Waals surface area (Å²) in [5.74, 6) is -0.437. The van der Waals surface area contributed by atoms with Crippen LogP contribution in [0, 0.1) is 11.3 Å². The highest BCUT2D eigenvalue weighted by molar-refractivity contribution is 6.31. The molecule has 31 heavy (non-hydrogen) atoms. The van der Waals surface area contributed by atoms with Crippen LogP contribution in [0.1, 0.15) is 36.3 Å². The summed E-state index contributed by atoms with van der Waals surface area (Å²) in [6, 6.07) is 8.76. The van der Waals surface area contributed by atoms with E-state index >= 15 is 0 Å². The van der Waals surface area contributed by atoms with Gasteiger partial charge in [0.25, 0.3) is 5.91 Å². The van der Waals surface area contributed by atoms with Crippen molar-refractivity contribution in [2.45, 2.75) is 32.4 Å². The zero-order chi connectivity index (χ0) is 22.9. The SMILES string of the molecule is CNC(=O)c1cc(Nc2ccc3c(c2)n(CCC(C)(C)O)c(=O)n3C)c(C#N)c(Cl)n1. The fourth-order valence-corrected chi connectivity index (χ4v) is 3.44. The highest BCUT2D eigenvalue weighted by atomic mass is 35.5. The number of aliphatic hydroxyl groups is 1. The molecule has 3 rings (SSSR count). The largest absolute Gasteiger partial charge is 0.390 e. The third-order valence-electron chi connectivity index (χ3n) is 4.92. The minimum absolute atomic E-state index is 0.0666. The molecule has 1 aromatic carbocycles. The Hall–Kier alpha value is -3.35. The molecular formula is C21H23ClN6O3. The maximum atomic E-state index is 12.7. The first-order valence-electron chi connectivity index (χ1n) is 9.57. The lowest BCUT2D eigenvalue weighted by Crippen LogP contribution is -2.27. The highest BCUT2D eigenvalue weighted by Gasteiger charge is 2.18. The Morgan fingerprint density at radius 1 is 1.32 bits per heavy atom. The summed E-state index contributed by atoms with van der Waals surface area (Å²) in [4.78, 5) is 28.6. The number of carbonyl (C=O) groups is 1. The van der Waals surface area contributed by atoms with Crippen molar-refractivity contribution in [3.05, 3.63) is 51.2 Å². The molecule has 9 nitrogen and oxygen atoms in total. The first-order chi connectivity index (χ1) is 14.6. The average molecular weight is 443 g/mol. The number of aryl methyl sites for hydroxylation is 2. The van der Waals surface area contributed by atoms with Crippen molar-refractivity contribution in [2.75, 3.05) is 12.4 Å². The standard InChI is InChI=1S/C21H23ClN6O3/c1-21(2,31)7-8-28-17-9-12(5-6-16(17)27(4)20(28)30)25-14-10-15(19(29)24-3)26-18(22)13(14)11-23/h5-6,9-10,31H,7-8H2,1-4H3,(H,24,29)(H,25,26). The Morgan fingerprint density at radius 3 is 2.65 bits per heavy atom. The van der Waals surface area contributed by atoms with Gasteiger partial charge in [0.15, 0.2) is 0 Å². The maximum absolute atomic E-state index is 12.7. The van der Waals surface area contributed by atoms with Crippen molar-refractivity contribution in [2.24, 2.45) is 7.05 Å². The maximum Gasteiger partial charge on any atom is 0.328 e. The van der Waals surface area contributed by atoms with E-state index in [1.54, 1.807) is 43.7 Å². The molecule has 0 aliphatic carbocycles. The van der Waals surface area contributed by atoms with Crippen LogP contribution in [0.3, 0.4) is 0 Å². The highest BCUT2D eigenvalue weighted by Crippen LogP contribution is 2.28. The van der Waals surface area contributed by atoms with Crippen LogP contribution >= 0.6 is 11.6 Å². The number of anilines is 2. The number of nitrogens with one attached hydrogen (secondary N) is 2. The van der Waals surface area contributed by atoms with Gasteiger partial charge in [0.2, 0.25) is 0 Å². The summed E-state index contributed by atoms with van der Waals surface area (Å²) >= 11 is 6.10. The Morgan fingerprint density at radius 2 is 2.03 bits per heavy atom.